The Kier molecular flexibility index (Phi) is 5.62. The van der Waals surface area contributed by atoms with Crippen molar-refractivity contribution in [2.24, 2.45) is 5.73 Å². The van der Waals surface area contributed by atoms with E-state index >= 15 is 0 Å². The summed E-state index contributed by atoms with van der Waals surface area (Å²) in [7, 11) is -2.34. The van der Waals surface area contributed by atoms with Gasteiger partial charge in [0, 0.05) is 17.3 Å². The highest BCUT2D eigenvalue weighted by Gasteiger charge is 2.22. The van der Waals surface area contributed by atoms with E-state index in [4.69, 9.17) is 10.5 Å². The second-order valence-electron chi connectivity index (χ2n) is 7.89. The molecule has 5 aromatic rings. The van der Waals surface area contributed by atoms with Crippen molar-refractivity contribution in [1.29, 1.82) is 0 Å². The summed E-state index contributed by atoms with van der Waals surface area (Å²) in [6.45, 7) is 1.78. The highest BCUT2D eigenvalue weighted by Crippen LogP contribution is 2.35. The van der Waals surface area contributed by atoms with E-state index < -0.39 is 15.7 Å². The lowest BCUT2D eigenvalue weighted by atomic mass is 10.1. The molecular weight excluding hydrogens is 484 g/mol. The first kappa shape index (κ1) is 22.8. The van der Waals surface area contributed by atoms with Crippen molar-refractivity contribution in [3.63, 3.8) is 0 Å². The Bertz CT molecular complexity index is 1710. The number of anilines is 2. The molecule has 0 unspecified atom stereocenters. The molecular formula is C25H20N4O4S2. The van der Waals surface area contributed by atoms with Gasteiger partial charge in [-0.15, -0.1) is 11.3 Å². The van der Waals surface area contributed by atoms with Crippen LogP contribution in [-0.4, -0.2) is 31.4 Å². The van der Waals surface area contributed by atoms with Gasteiger partial charge in [-0.3, -0.25) is 9.78 Å². The van der Waals surface area contributed by atoms with Crippen LogP contribution >= 0.6 is 11.3 Å². The van der Waals surface area contributed by atoms with Gasteiger partial charge in [-0.1, -0.05) is 0 Å². The summed E-state index contributed by atoms with van der Waals surface area (Å²) in [5.41, 5.74) is 10.7. The lowest BCUT2D eigenvalue weighted by Crippen LogP contribution is -2.14. The summed E-state index contributed by atoms with van der Waals surface area (Å²) < 4.78 is 33.0. The van der Waals surface area contributed by atoms with Crippen molar-refractivity contribution in [2.75, 3.05) is 12.4 Å². The zero-order valence-corrected chi connectivity index (χ0v) is 20.4. The molecule has 176 valence electrons. The predicted octanol–water partition coefficient (Wildman–Crippen LogP) is 4.84. The van der Waals surface area contributed by atoms with Crippen LogP contribution in [0.1, 0.15) is 15.9 Å². The Morgan fingerprint density at radius 3 is 2.51 bits per heavy atom. The highest BCUT2D eigenvalue weighted by molar-refractivity contribution is 7.91. The Labute approximate surface area is 205 Å². The molecule has 0 aliphatic heterocycles. The Morgan fingerprint density at radius 1 is 1.03 bits per heavy atom. The van der Waals surface area contributed by atoms with Crippen LogP contribution in [0.25, 0.3) is 21.1 Å². The highest BCUT2D eigenvalue weighted by atomic mass is 32.2. The number of ether oxygens (including phenoxy) is 1. The minimum atomic E-state index is -3.86. The van der Waals surface area contributed by atoms with Crippen molar-refractivity contribution in [1.82, 2.24) is 9.97 Å². The quantitative estimate of drug-likeness (QED) is 0.339. The van der Waals surface area contributed by atoms with Crippen LogP contribution in [-0.2, 0) is 9.84 Å². The van der Waals surface area contributed by atoms with Gasteiger partial charge in [-0.25, -0.2) is 13.4 Å². The van der Waals surface area contributed by atoms with Crippen LogP contribution in [0.5, 0.6) is 5.75 Å². The number of pyridine rings is 1. The molecule has 10 heteroatoms. The van der Waals surface area contributed by atoms with E-state index in [2.05, 4.69) is 15.3 Å². The zero-order chi connectivity index (χ0) is 24.7. The number of primary amides is 1. The van der Waals surface area contributed by atoms with Crippen LogP contribution in [0.3, 0.4) is 0 Å². The maximum Gasteiger partial charge on any atom is 0.252 e. The number of fused-ring (bicyclic) bond motifs is 2. The molecule has 0 saturated carbocycles. The molecule has 0 atom stereocenters. The predicted molar refractivity (Wildman–Crippen MR) is 136 cm³/mol. The lowest BCUT2D eigenvalue weighted by molar-refractivity contribution is 0.100. The SMILES string of the molecule is COc1ccc(S(=O)(=O)c2cc(C)c3ncc(C(N)=O)c(Nc4ccc5ncsc5c4)c3c2)cc1. The molecule has 0 radical (unpaired) electrons. The second kappa shape index (κ2) is 8.64. The Hall–Kier alpha value is -4.02. The molecule has 0 aliphatic carbocycles. The van der Waals surface area contributed by atoms with Gasteiger partial charge in [0.25, 0.3) is 5.91 Å². The largest absolute Gasteiger partial charge is 0.497 e. The number of aryl methyl sites for hydroxylation is 1. The molecule has 0 fully saturated rings. The van der Waals surface area contributed by atoms with Crippen LogP contribution in [0, 0.1) is 6.92 Å². The topological polar surface area (TPSA) is 124 Å². The van der Waals surface area contributed by atoms with Crippen molar-refractivity contribution in [2.45, 2.75) is 16.7 Å². The normalized spacial score (nSPS) is 11.6. The number of hydrogen-bond donors (Lipinski definition) is 2. The number of amides is 1. The fraction of sp³-hybridized carbons (Fsp3) is 0.0800. The molecule has 5 rings (SSSR count). The number of nitrogens with one attached hydrogen (secondary N) is 1. The number of sulfone groups is 1. The van der Waals surface area contributed by atoms with Gasteiger partial charge in [-0.2, -0.15) is 0 Å². The Morgan fingerprint density at radius 2 is 1.80 bits per heavy atom. The third-order valence-corrected chi connectivity index (χ3v) is 8.22. The molecule has 1 amide bonds. The van der Waals surface area contributed by atoms with Crippen molar-refractivity contribution in [3.05, 3.63) is 77.4 Å². The summed E-state index contributed by atoms with van der Waals surface area (Å²) in [5, 5.41) is 3.74. The van der Waals surface area contributed by atoms with Gasteiger partial charge in [-0.05, 0) is 67.1 Å². The number of nitrogens with two attached hydrogens (primary N) is 1. The van der Waals surface area contributed by atoms with Gasteiger partial charge in [0.1, 0.15) is 5.75 Å². The average Bonchev–Trinajstić information content (AvgIpc) is 3.32. The minimum absolute atomic E-state index is 0.0806. The van der Waals surface area contributed by atoms with Gasteiger partial charge in [0.15, 0.2) is 0 Å². The fourth-order valence-corrected chi connectivity index (χ4v) is 5.98. The van der Waals surface area contributed by atoms with Crippen LogP contribution in [0.15, 0.2) is 76.1 Å². The van der Waals surface area contributed by atoms with E-state index in [-0.39, 0.29) is 15.4 Å². The first-order valence-electron chi connectivity index (χ1n) is 10.5. The summed E-state index contributed by atoms with van der Waals surface area (Å²) in [6.07, 6.45) is 1.41. The van der Waals surface area contributed by atoms with E-state index in [1.807, 2.05) is 18.2 Å². The third kappa shape index (κ3) is 4.07. The van der Waals surface area contributed by atoms with Crippen LogP contribution < -0.4 is 15.8 Å². The molecule has 0 bridgehead atoms. The molecule has 2 heterocycles. The van der Waals surface area contributed by atoms with Crippen LogP contribution in [0.2, 0.25) is 0 Å². The van der Waals surface area contributed by atoms with Gasteiger partial charge in [0.2, 0.25) is 9.84 Å². The molecule has 0 saturated heterocycles. The number of rotatable bonds is 6. The molecule has 0 aliphatic rings. The van der Waals surface area contributed by atoms with Gasteiger partial charge >= 0.3 is 0 Å². The number of benzene rings is 3. The van der Waals surface area contributed by atoms with E-state index in [9.17, 15) is 13.2 Å². The van der Waals surface area contributed by atoms with Gasteiger partial charge < -0.3 is 15.8 Å². The average molecular weight is 505 g/mol. The number of thiazole rings is 1. The number of carbonyl (C=O) groups is 1. The van der Waals surface area contributed by atoms with E-state index in [1.165, 1.54) is 42.8 Å². The maximum absolute atomic E-state index is 13.5. The summed E-state index contributed by atoms with van der Waals surface area (Å²) in [6, 6.07) is 14.9. The number of methoxy groups -OCH3 is 1. The van der Waals surface area contributed by atoms with E-state index in [0.717, 1.165) is 10.2 Å². The number of carbonyl (C=O) groups excluding carboxylic acids is 1. The minimum Gasteiger partial charge on any atom is -0.497 e. The molecule has 2 aromatic heterocycles. The molecule has 3 aromatic carbocycles. The lowest BCUT2D eigenvalue weighted by Gasteiger charge is -2.16. The summed E-state index contributed by atoms with van der Waals surface area (Å²) in [4.78, 5) is 21.2. The monoisotopic (exact) mass is 504 g/mol. The molecule has 35 heavy (non-hydrogen) atoms. The first-order valence-corrected chi connectivity index (χ1v) is 12.9. The van der Waals surface area contributed by atoms with Crippen LogP contribution in [0.4, 0.5) is 11.4 Å². The van der Waals surface area contributed by atoms with Gasteiger partial charge in [0.05, 0.1) is 49.4 Å². The standard InChI is InChI=1S/C25H20N4O4S2/c1-14-9-18(35(31,32)17-6-4-16(33-2)5-7-17)11-19-23(14)27-12-20(25(26)30)24(19)29-15-3-8-21-22(10-15)34-13-28-21/h3-13H,1-2H3,(H2,26,30)(H,27,29). The zero-order valence-electron chi connectivity index (χ0n) is 18.8. The summed E-state index contributed by atoms with van der Waals surface area (Å²) >= 11 is 1.49. The number of aromatic nitrogens is 2. The smallest absolute Gasteiger partial charge is 0.252 e. The van der Waals surface area contributed by atoms with E-state index in [0.29, 0.717) is 33.6 Å². The number of nitrogens with zero attached hydrogens (tertiary/aromatic N) is 2. The number of hydrogen-bond acceptors (Lipinski definition) is 8. The fourth-order valence-electron chi connectivity index (χ4n) is 3.89. The second-order valence-corrected chi connectivity index (χ2v) is 10.7. The molecule has 0 spiro atoms. The summed E-state index contributed by atoms with van der Waals surface area (Å²) in [5.74, 6) is -0.125. The van der Waals surface area contributed by atoms with E-state index in [1.54, 1.807) is 30.6 Å². The maximum atomic E-state index is 13.5. The third-order valence-electron chi connectivity index (χ3n) is 5.68. The van der Waals surface area contributed by atoms with Crippen molar-refractivity contribution >= 4 is 59.6 Å². The first-order chi connectivity index (χ1) is 16.8. The van der Waals surface area contributed by atoms with Crippen molar-refractivity contribution < 1.29 is 17.9 Å². The molecule has 3 N–H and O–H groups in total. The van der Waals surface area contributed by atoms with Crippen molar-refractivity contribution in [3.8, 4) is 5.75 Å². The molecule has 8 nitrogen and oxygen atoms in total. The Balaban J connectivity index is 1.70.